The van der Waals surface area contributed by atoms with Crippen molar-refractivity contribution in [1.82, 2.24) is 0 Å². The Morgan fingerprint density at radius 2 is 1.70 bits per heavy atom. The number of halogens is 5. The highest BCUT2D eigenvalue weighted by Gasteiger charge is 2.31. The normalized spacial score (nSPS) is 25.1. The molecular formula is C24H31F5O. The van der Waals surface area contributed by atoms with Gasteiger partial charge in [0.05, 0.1) is 0 Å². The van der Waals surface area contributed by atoms with Gasteiger partial charge in [-0.15, -0.1) is 0 Å². The first kappa shape index (κ1) is 23.1. The molecule has 6 heteroatoms. The largest absolute Gasteiger partial charge is 0.481 e. The molecule has 0 N–H and O–H groups in total. The Bertz CT molecular complexity index is 732. The average Bonchev–Trinajstić information content (AvgIpc) is 2.73. The van der Waals surface area contributed by atoms with Gasteiger partial charge in [0.15, 0.2) is 18.2 Å². The van der Waals surface area contributed by atoms with Gasteiger partial charge >= 0.3 is 6.18 Å². The molecule has 1 atom stereocenters. The zero-order valence-electron chi connectivity index (χ0n) is 17.5. The molecule has 0 aromatic heterocycles. The second-order valence-corrected chi connectivity index (χ2v) is 8.83. The molecule has 0 saturated heterocycles. The van der Waals surface area contributed by atoms with Crippen LogP contribution in [-0.2, 0) is 0 Å². The third-order valence-electron chi connectivity index (χ3n) is 6.76. The SMILES string of the molecule is CCCCC1CCC(C2CC=C(c3ccc(OCC(F)(F)F)c(F)c3F)CC2)CC1. The first-order valence-electron chi connectivity index (χ1n) is 11.2. The molecule has 0 bridgehead atoms. The number of allylic oxidation sites excluding steroid dienone is 2. The molecule has 0 aliphatic heterocycles. The van der Waals surface area contributed by atoms with Crippen molar-refractivity contribution < 1.29 is 26.7 Å². The van der Waals surface area contributed by atoms with Crippen molar-refractivity contribution in [1.29, 1.82) is 0 Å². The van der Waals surface area contributed by atoms with Crippen molar-refractivity contribution in [2.45, 2.75) is 77.3 Å². The fourth-order valence-corrected chi connectivity index (χ4v) is 5.02. The molecule has 1 nitrogen and oxygen atoms in total. The van der Waals surface area contributed by atoms with Gasteiger partial charge in [0.25, 0.3) is 0 Å². The van der Waals surface area contributed by atoms with Gasteiger partial charge in [0.2, 0.25) is 5.82 Å². The lowest BCUT2D eigenvalue weighted by molar-refractivity contribution is -0.153. The topological polar surface area (TPSA) is 9.23 Å². The number of alkyl halides is 3. The number of benzene rings is 1. The highest BCUT2D eigenvalue weighted by atomic mass is 19.4. The highest BCUT2D eigenvalue weighted by molar-refractivity contribution is 5.67. The Hall–Kier alpha value is -1.59. The molecule has 30 heavy (non-hydrogen) atoms. The van der Waals surface area contributed by atoms with Crippen LogP contribution in [0.15, 0.2) is 18.2 Å². The van der Waals surface area contributed by atoms with E-state index in [-0.39, 0.29) is 5.56 Å². The van der Waals surface area contributed by atoms with Crippen LogP contribution in [0.25, 0.3) is 5.57 Å². The van der Waals surface area contributed by atoms with Crippen LogP contribution in [0.2, 0.25) is 0 Å². The lowest BCUT2D eigenvalue weighted by atomic mass is 9.70. The van der Waals surface area contributed by atoms with Crippen LogP contribution in [0, 0.1) is 29.4 Å². The number of hydrogen-bond acceptors (Lipinski definition) is 1. The van der Waals surface area contributed by atoms with E-state index >= 15 is 0 Å². The van der Waals surface area contributed by atoms with Crippen LogP contribution in [0.5, 0.6) is 5.75 Å². The van der Waals surface area contributed by atoms with Crippen LogP contribution in [-0.4, -0.2) is 12.8 Å². The molecule has 3 rings (SSSR count). The van der Waals surface area contributed by atoms with Gasteiger partial charge in [-0.05, 0) is 67.6 Å². The smallest absolute Gasteiger partial charge is 0.422 e. The van der Waals surface area contributed by atoms with E-state index in [4.69, 9.17) is 0 Å². The molecule has 1 fully saturated rings. The van der Waals surface area contributed by atoms with Gasteiger partial charge in [-0.1, -0.05) is 45.1 Å². The Labute approximate surface area is 175 Å². The predicted molar refractivity (Wildman–Crippen MR) is 108 cm³/mol. The quantitative estimate of drug-likeness (QED) is 0.397. The summed E-state index contributed by atoms with van der Waals surface area (Å²) in [7, 11) is 0. The van der Waals surface area contributed by atoms with Crippen LogP contribution < -0.4 is 4.74 Å². The first-order valence-corrected chi connectivity index (χ1v) is 11.2. The van der Waals surface area contributed by atoms with E-state index in [1.54, 1.807) is 0 Å². The van der Waals surface area contributed by atoms with E-state index in [1.807, 2.05) is 6.08 Å². The monoisotopic (exact) mass is 430 g/mol. The number of unbranched alkanes of at least 4 members (excludes halogenated alkanes) is 1. The van der Waals surface area contributed by atoms with Crippen LogP contribution in [0.3, 0.4) is 0 Å². The highest BCUT2D eigenvalue weighted by Crippen LogP contribution is 2.43. The maximum Gasteiger partial charge on any atom is 0.422 e. The van der Waals surface area contributed by atoms with Crippen molar-refractivity contribution in [3.63, 3.8) is 0 Å². The summed E-state index contributed by atoms with van der Waals surface area (Å²) in [5.74, 6) is -1.03. The van der Waals surface area contributed by atoms with E-state index in [0.29, 0.717) is 18.3 Å². The minimum absolute atomic E-state index is 0.133. The molecule has 0 spiro atoms. The van der Waals surface area contributed by atoms with Crippen LogP contribution in [0.1, 0.15) is 76.7 Å². The second-order valence-electron chi connectivity index (χ2n) is 8.83. The Morgan fingerprint density at radius 1 is 0.967 bits per heavy atom. The zero-order chi connectivity index (χ0) is 21.7. The van der Waals surface area contributed by atoms with Crippen molar-refractivity contribution in [2.75, 3.05) is 6.61 Å². The summed E-state index contributed by atoms with van der Waals surface area (Å²) in [4.78, 5) is 0. The Morgan fingerprint density at radius 3 is 2.30 bits per heavy atom. The van der Waals surface area contributed by atoms with Gasteiger partial charge in [0, 0.05) is 5.56 Å². The van der Waals surface area contributed by atoms with Gasteiger partial charge in [-0.25, -0.2) is 4.39 Å². The lowest BCUT2D eigenvalue weighted by Gasteiger charge is -2.35. The molecule has 0 heterocycles. The molecule has 2 aliphatic rings. The summed E-state index contributed by atoms with van der Waals surface area (Å²) in [5.41, 5.74) is 0.871. The van der Waals surface area contributed by atoms with Gasteiger partial charge in [-0.3, -0.25) is 0 Å². The molecule has 1 aromatic rings. The molecule has 1 unspecified atom stereocenters. The first-order chi connectivity index (χ1) is 14.3. The minimum Gasteiger partial charge on any atom is -0.481 e. The predicted octanol–water partition coefficient (Wildman–Crippen LogP) is 8.09. The Kier molecular flexibility index (Phi) is 7.81. The molecule has 168 valence electrons. The average molecular weight is 431 g/mol. The van der Waals surface area contributed by atoms with Crippen molar-refractivity contribution in [3.05, 3.63) is 35.4 Å². The van der Waals surface area contributed by atoms with Crippen LogP contribution >= 0.6 is 0 Å². The Balaban J connectivity index is 1.58. The van der Waals surface area contributed by atoms with Crippen LogP contribution in [0.4, 0.5) is 22.0 Å². The summed E-state index contributed by atoms with van der Waals surface area (Å²) in [6.45, 7) is 0.586. The summed E-state index contributed by atoms with van der Waals surface area (Å²) >= 11 is 0. The van der Waals surface area contributed by atoms with Crippen molar-refractivity contribution in [3.8, 4) is 5.75 Å². The fraction of sp³-hybridized carbons (Fsp3) is 0.667. The third kappa shape index (κ3) is 5.98. The van der Waals surface area contributed by atoms with Gasteiger partial charge in [-0.2, -0.15) is 17.6 Å². The maximum atomic E-state index is 14.5. The summed E-state index contributed by atoms with van der Waals surface area (Å²) in [6, 6.07) is 2.42. The molecule has 1 saturated carbocycles. The summed E-state index contributed by atoms with van der Waals surface area (Å²) < 4.78 is 69.8. The maximum absolute atomic E-state index is 14.5. The van der Waals surface area contributed by atoms with Gasteiger partial charge in [0.1, 0.15) is 0 Å². The molecule has 2 aliphatic carbocycles. The molecule has 0 radical (unpaired) electrons. The lowest BCUT2D eigenvalue weighted by Crippen LogP contribution is -2.23. The van der Waals surface area contributed by atoms with E-state index in [0.717, 1.165) is 30.4 Å². The molecule has 0 amide bonds. The molecular weight excluding hydrogens is 399 g/mol. The van der Waals surface area contributed by atoms with E-state index in [2.05, 4.69) is 11.7 Å². The standard InChI is InChI=1S/C24H31F5O/c1-2-3-4-16-5-7-17(8-6-16)18-9-11-19(12-10-18)20-13-14-21(23(26)22(20)25)30-15-24(27,28)29/h11,13-14,16-18H,2-10,12,15H2,1H3. The zero-order valence-corrected chi connectivity index (χ0v) is 17.5. The number of ether oxygens (including phenoxy) is 1. The minimum atomic E-state index is -4.60. The van der Waals surface area contributed by atoms with E-state index < -0.39 is 30.2 Å². The van der Waals surface area contributed by atoms with E-state index in [9.17, 15) is 22.0 Å². The van der Waals surface area contributed by atoms with Crippen molar-refractivity contribution >= 4 is 5.57 Å². The summed E-state index contributed by atoms with van der Waals surface area (Å²) in [5, 5.41) is 0. The fourth-order valence-electron chi connectivity index (χ4n) is 5.02. The molecule has 1 aromatic carbocycles. The summed E-state index contributed by atoms with van der Waals surface area (Å²) in [6.07, 6.45) is 8.89. The van der Waals surface area contributed by atoms with Gasteiger partial charge < -0.3 is 4.74 Å². The van der Waals surface area contributed by atoms with Crippen molar-refractivity contribution in [2.24, 2.45) is 17.8 Å². The number of rotatable bonds is 7. The third-order valence-corrected chi connectivity index (χ3v) is 6.76. The second kappa shape index (κ2) is 10.1. The number of hydrogen-bond donors (Lipinski definition) is 0. The van der Waals surface area contributed by atoms with E-state index in [1.165, 1.54) is 51.0 Å².